The van der Waals surface area contributed by atoms with E-state index in [1.54, 1.807) is 24.8 Å². The second-order valence-corrected chi connectivity index (χ2v) is 6.04. The van der Waals surface area contributed by atoms with E-state index in [2.05, 4.69) is 0 Å². The lowest BCUT2D eigenvalue weighted by atomic mass is 9.93. The van der Waals surface area contributed by atoms with Crippen molar-refractivity contribution in [2.75, 3.05) is 13.1 Å². The second kappa shape index (κ2) is 6.76. The summed E-state index contributed by atoms with van der Waals surface area (Å²) in [6, 6.07) is 3.00. The van der Waals surface area contributed by atoms with Gasteiger partial charge in [0.1, 0.15) is 0 Å². The maximum Gasteiger partial charge on any atom is 0.303 e. The quantitative estimate of drug-likeness (QED) is 0.678. The van der Waals surface area contributed by atoms with Gasteiger partial charge in [-0.2, -0.15) is 0 Å². The van der Waals surface area contributed by atoms with Crippen molar-refractivity contribution in [3.8, 4) is 0 Å². The van der Waals surface area contributed by atoms with Crippen LogP contribution in [0.25, 0.3) is 0 Å². The van der Waals surface area contributed by atoms with Gasteiger partial charge in [-0.15, -0.1) is 0 Å². The van der Waals surface area contributed by atoms with Crippen molar-refractivity contribution in [2.24, 2.45) is 5.92 Å². The summed E-state index contributed by atoms with van der Waals surface area (Å²) in [6.07, 6.45) is 1.41. The lowest BCUT2D eigenvalue weighted by molar-refractivity contribution is -0.385. The topological polar surface area (TPSA) is 101 Å². The standard InChI is InChI=1S/C16H20N2O5/c1-10-7-11(2)14(18(22)23)9-13(10)16(21)17-5-3-12(4-6-17)8-15(19)20/h7,9,12H,3-6,8H2,1-2H3,(H,19,20). The fourth-order valence-corrected chi connectivity index (χ4v) is 3.03. The van der Waals surface area contributed by atoms with Crippen LogP contribution in [0.4, 0.5) is 5.69 Å². The van der Waals surface area contributed by atoms with Crippen LogP contribution >= 0.6 is 0 Å². The van der Waals surface area contributed by atoms with Crippen molar-refractivity contribution < 1.29 is 19.6 Å². The Hall–Kier alpha value is -2.44. The number of likely N-dealkylation sites (tertiary alicyclic amines) is 1. The molecule has 1 saturated heterocycles. The molecule has 7 nitrogen and oxygen atoms in total. The highest BCUT2D eigenvalue weighted by molar-refractivity contribution is 5.96. The Balaban J connectivity index is 2.14. The van der Waals surface area contributed by atoms with Crippen molar-refractivity contribution in [2.45, 2.75) is 33.1 Å². The molecule has 1 aliphatic heterocycles. The highest BCUT2D eigenvalue weighted by Gasteiger charge is 2.27. The number of rotatable bonds is 4. The molecule has 23 heavy (non-hydrogen) atoms. The summed E-state index contributed by atoms with van der Waals surface area (Å²) < 4.78 is 0. The summed E-state index contributed by atoms with van der Waals surface area (Å²) in [5, 5.41) is 19.9. The van der Waals surface area contributed by atoms with Crippen LogP contribution < -0.4 is 0 Å². The monoisotopic (exact) mass is 320 g/mol. The molecule has 7 heteroatoms. The highest BCUT2D eigenvalue weighted by atomic mass is 16.6. The highest BCUT2D eigenvalue weighted by Crippen LogP contribution is 2.26. The summed E-state index contributed by atoms with van der Waals surface area (Å²) in [6.45, 7) is 4.38. The Bertz CT molecular complexity index is 648. The van der Waals surface area contributed by atoms with Crippen LogP contribution in [0.2, 0.25) is 0 Å². The molecule has 0 unspecified atom stereocenters. The first kappa shape index (κ1) is 16.9. The maximum absolute atomic E-state index is 12.6. The first-order valence-electron chi connectivity index (χ1n) is 7.56. The third-order valence-corrected chi connectivity index (χ3v) is 4.34. The number of carbonyl (C=O) groups is 2. The zero-order valence-corrected chi connectivity index (χ0v) is 13.2. The Labute approximate surface area is 134 Å². The van der Waals surface area contributed by atoms with Crippen LogP contribution in [-0.4, -0.2) is 39.9 Å². The van der Waals surface area contributed by atoms with Crippen molar-refractivity contribution in [1.82, 2.24) is 4.90 Å². The molecule has 124 valence electrons. The average Bonchev–Trinajstić information content (AvgIpc) is 2.46. The van der Waals surface area contributed by atoms with Gasteiger partial charge in [0.25, 0.3) is 11.6 Å². The van der Waals surface area contributed by atoms with E-state index in [0.717, 1.165) is 0 Å². The van der Waals surface area contributed by atoms with Crippen LogP contribution in [-0.2, 0) is 4.79 Å². The predicted octanol–water partition coefficient (Wildman–Crippen LogP) is 2.54. The zero-order chi connectivity index (χ0) is 17.1. The summed E-state index contributed by atoms with van der Waals surface area (Å²) in [5.41, 5.74) is 1.54. The van der Waals surface area contributed by atoms with Crippen LogP contribution in [0.1, 0.15) is 40.7 Å². The number of amides is 1. The molecule has 0 saturated carbocycles. The number of piperidine rings is 1. The molecule has 0 spiro atoms. The van der Waals surface area contributed by atoms with Gasteiger partial charge in [0.15, 0.2) is 0 Å². The Morgan fingerprint density at radius 3 is 2.39 bits per heavy atom. The van der Waals surface area contributed by atoms with Gasteiger partial charge >= 0.3 is 5.97 Å². The molecular formula is C16H20N2O5. The van der Waals surface area contributed by atoms with E-state index < -0.39 is 10.9 Å². The molecule has 0 aromatic heterocycles. The van der Waals surface area contributed by atoms with E-state index in [1.165, 1.54) is 6.07 Å². The van der Waals surface area contributed by atoms with Gasteiger partial charge in [0.05, 0.1) is 4.92 Å². The lowest BCUT2D eigenvalue weighted by Crippen LogP contribution is -2.39. The van der Waals surface area contributed by atoms with Gasteiger partial charge in [-0.1, -0.05) is 0 Å². The number of carboxylic acid groups (broad SMARTS) is 1. The smallest absolute Gasteiger partial charge is 0.303 e. The van der Waals surface area contributed by atoms with E-state index in [-0.39, 0.29) is 23.9 Å². The molecule has 2 rings (SSSR count). The largest absolute Gasteiger partial charge is 0.481 e. The third kappa shape index (κ3) is 3.85. The minimum Gasteiger partial charge on any atom is -0.481 e. The molecule has 0 atom stereocenters. The van der Waals surface area contributed by atoms with Gasteiger partial charge in [-0.3, -0.25) is 19.7 Å². The van der Waals surface area contributed by atoms with Gasteiger partial charge in [-0.25, -0.2) is 0 Å². The van der Waals surface area contributed by atoms with E-state index in [0.29, 0.717) is 42.6 Å². The van der Waals surface area contributed by atoms with E-state index >= 15 is 0 Å². The molecule has 0 bridgehead atoms. The molecular weight excluding hydrogens is 300 g/mol. The number of aryl methyl sites for hydroxylation is 2. The Morgan fingerprint density at radius 1 is 1.26 bits per heavy atom. The average molecular weight is 320 g/mol. The summed E-state index contributed by atoms with van der Waals surface area (Å²) in [7, 11) is 0. The zero-order valence-electron chi connectivity index (χ0n) is 13.2. The second-order valence-electron chi connectivity index (χ2n) is 6.04. The number of carboxylic acids is 1. The van der Waals surface area contributed by atoms with Crippen LogP contribution in [0.15, 0.2) is 12.1 Å². The van der Waals surface area contributed by atoms with Gasteiger partial charge in [-0.05, 0) is 44.2 Å². The number of hydrogen-bond acceptors (Lipinski definition) is 4. The fourth-order valence-electron chi connectivity index (χ4n) is 3.03. The SMILES string of the molecule is Cc1cc(C)c([N+](=O)[O-])cc1C(=O)N1CCC(CC(=O)O)CC1. The molecule has 1 amide bonds. The molecule has 1 N–H and O–H groups in total. The van der Waals surface area contributed by atoms with Gasteiger partial charge < -0.3 is 10.0 Å². The lowest BCUT2D eigenvalue weighted by Gasteiger charge is -2.31. The summed E-state index contributed by atoms with van der Waals surface area (Å²) in [5.74, 6) is -0.954. The number of aliphatic carboxylic acids is 1. The van der Waals surface area contributed by atoms with Crippen LogP contribution in [0, 0.1) is 29.9 Å². The number of nitro groups is 1. The minimum absolute atomic E-state index is 0.0558. The molecule has 1 aromatic carbocycles. The normalized spacial score (nSPS) is 15.5. The van der Waals surface area contributed by atoms with Crippen molar-refractivity contribution >= 4 is 17.6 Å². The molecule has 1 aromatic rings. The molecule has 1 heterocycles. The molecule has 1 fully saturated rings. The van der Waals surface area contributed by atoms with Crippen LogP contribution in [0.5, 0.6) is 0 Å². The van der Waals surface area contributed by atoms with Crippen molar-refractivity contribution in [1.29, 1.82) is 0 Å². The molecule has 0 aliphatic carbocycles. The third-order valence-electron chi connectivity index (χ3n) is 4.34. The summed E-state index contributed by atoms with van der Waals surface area (Å²) >= 11 is 0. The minimum atomic E-state index is -0.820. The number of hydrogen-bond donors (Lipinski definition) is 1. The van der Waals surface area contributed by atoms with Crippen molar-refractivity contribution in [3.05, 3.63) is 38.9 Å². The first-order chi connectivity index (χ1) is 10.8. The Kier molecular flexibility index (Phi) is 4.98. The van der Waals surface area contributed by atoms with E-state index in [9.17, 15) is 19.7 Å². The van der Waals surface area contributed by atoms with Gasteiger partial charge in [0.2, 0.25) is 0 Å². The van der Waals surface area contributed by atoms with Gasteiger partial charge in [0, 0.05) is 36.7 Å². The van der Waals surface area contributed by atoms with E-state index in [4.69, 9.17) is 5.11 Å². The van der Waals surface area contributed by atoms with E-state index in [1.807, 2.05) is 0 Å². The number of benzene rings is 1. The number of carbonyl (C=O) groups excluding carboxylic acids is 1. The summed E-state index contributed by atoms with van der Waals surface area (Å²) in [4.78, 5) is 35.6. The number of nitrogens with zero attached hydrogens (tertiary/aromatic N) is 2. The van der Waals surface area contributed by atoms with Crippen LogP contribution in [0.3, 0.4) is 0 Å². The first-order valence-corrected chi connectivity index (χ1v) is 7.56. The maximum atomic E-state index is 12.6. The van der Waals surface area contributed by atoms with Crippen molar-refractivity contribution in [3.63, 3.8) is 0 Å². The number of nitro benzene ring substituents is 1. The predicted molar refractivity (Wildman–Crippen MR) is 83.5 cm³/mol. The molecule has 1 aliphatic rings. The Morgan fingerprint density at radius 2 is 1.87 bits per heavy atom. The molecule has 0 radical (unpaired) electrons. The fraction of sp³-hybridized carbons (Fsp3) is 0.500.